The summed E-state index contributed by atoms with van der Waals surface area (Å²) in [4.78, 5) is 70.3. The number of urea groups is 1. The summed E-state index contributed by atoms with van der Waals surface area (Å²) >= 11 is 1.42. The van der Waals surface area contributed by atoms with Crippen LogP contribution < -0.4 is 10.7 Å². The average Bonchev–Trinajstić information content (AvgIpc) is 3.87. The summed E-state index contributed by atoms with van der Waals surface area (Å²) < 4.78 is 25.5. The summed E-state index contributed by atoms with van der Waals surface area (Å²) in [7, 11) is 3.32. The second-order valence-corrected chi connectivity index (χ2v) is 19.7. The Hall–Kier alpha value is -4.94. The van der Waals surface area contributed by atoms with E-state index in [1.54, 1.807) is 25.3 Å². The fraction of sp³-hybridized carbons (Fsp3) is 0.574. The molecule has 7 heterocycles. The fourth-order valence-electron chi connectivity index (χ4n) is 9.66. The van der Waals surface area contributed by atoms with Gasteiger partial charge in [-0.1, -0.05) is 33.8 Å². The second-order valence-electron chi connectivity index (χ2n) is 18.8. The summed E-state index contributed by atoms with van der Waals surface area (Å²) in [6, 6.07) is 7.41. The van der Waals surface area contributed by atoms with Crippen LogP contribution in [0.15, 0.2) is 41.9 Å². The average molecular weight is 899 g/mol. The summed E-state index contributed by atoms with van der Waals surface area (Å²) in [5.74, 6) is -1.61. The Morgan fingerprint density at radius 2 is 1.88 bits per heavy atom. The van der Waals surface area contributed by atoms with E-state index >= 15 is 0 Å². The number of pyridine rings is 1. The van der Waals surface area contributed by atoms with Crippen LogP contribution in [0.3, 0.4) is 0 Å². The number of amides is 4. The van der Waals surface area contributed by atoms with E-state index in [9.17, 15) is 19.2 Å². The molecule has 16 nitrogen and oxygen atoms in total. The molecule has 3 saturated heterocycles. The van der Waals surface area contributed by atoms with Crippen molar-refractivity contribution in [2.45, 2.75) is 104 Å². The Kier molecular flexibility index (Phi) is 13.2. The van der Waals surface area contributed by atoms with Gasteiger partial charge in [0, 0.05) is 79.2 Å². The first kappa shape index (κ1) is 45.6. The molecule has 6 bridgehead atoms. The summed E-state index contributed by atoms with van der Waals surface area (Å²) in [5.41, 5.74) is 8.78. The highest BCUT2D eigenvalue weighted by molar-refractivity contribution is 7.10. The summed E-state index contributed by atoms with van der Waals surface area (Å²) in [5, 5.41) is 8.18. The molecule has 1 spiro atoms. The first-order valence-electron chi connectivity index (χ1n) is 22.5. The SMILES string of the molecule is CCn1c(-c2cccnc2[C@H](C)OC)c2c3cc(ccc31)-c1csc(n1)C[C@H](NC(=O)[C@H](C(C)C)N(C)C(=O)N1CCOCC13COC3)C(=O)N1CCC[C@H](N1)C(=O)OCC(C)(C)C2. The Bertz CT molecular complexity index is 2390. The second kappa shape index (κ2) is 18.5. The summed E-state index contributed by atoms with van der Waals surface area (Å²) in [6.07, 6.45) is 3.25. The number of aromatic nitrogens is 3. The number of carbonyl (C=O) groups excluding carboxylic acids is 4. The zero-order chi connectivity index (χ0) is 45.5. The van der Waals surface area contributed by atoms with E-state index in [-0.39, 0.29) is 31.1 Å². The molecule has 3 fully saturated rings. The third-order valence-corrected chi connectivity index (χ3v) is 14.0. The van der Waals surface area contributed by atoms with E-state index in [1.165, 1.54) is 21.2 Å². The fourth-order valence-corrected chi connectivity index (χ4v) is 10.5. The molecule has 344 valence electrons. The number of benzene rings is 1. The maximum Gasteiger partial charge on any atom is 0.324 e. The van der Waals surface area contributed by atoms with Gasteiger partial charge in [-0.2, -0.15) is 0 Å². The minimum absolute atomic E-state index is 0.0917. The van der Waals surface area contributed by atoms with Gasteiger partial charge in [-0.25, -0.2) is 15.2 Å². The number of thiazole rings is 1. The smallest absolute Gasteiger partial charge is 0.324 e. The van der Waals surface area contributed by atoms with Crippen molar-refractivity contribution in [3.05, 3.63) is 58.2 Å². The number of morpholine rings is 1. The van der Waals surface area contributed by atoms with E-state index < -0.39 is 46.9 Å². The van der Waals surface area contributed by atoms with Crippen molar-refractivity contribution in [1.82, 2.24) is 40.1 Å². The number of hydrogen-bond donors (Lipinski definition) is 2. The van der Waals surface area contributed by atoms with Gasteiger partial charge in [0.1, 0.15) is 23.7 Å². The number of hydrazine groups is 1. The largest absolute Gasteiger partial charge is 0.464 e. The lowest BCUT2D eigenvalue weighted by molar-refractivity contribution is -0.182. The number of esters is 1. The molecule has 0 aliphatic carbocycles. The number of nitrogens with zero attached hydrogens (tertiary/aromatic N) is 6. The Balaban J connectivity index is 1.17. The molecule has 17 heteroatoms. The molecular weight excluding hydrogens is 837 g/mol. The number of likely N-dealkylation sites (N-methyl/N-ethyl adjacent to an activating group) is 1. The van der Waals surface area contributed by atoms with Crippen LogP contribution in [-0.4, -0.2) is 137 Å². The van der Waals surface area contributed by atoms with Crippen LogP contribution >= 0.6 is 11.3 Å². The van der Waals surface area contributed by atoms with E-state index in [4.69, 9.17) is 28.9 Å². The molecule has 64 heavy (non-hydrogen) atoms. The van der Waals surface area contributed by atoms with Gasteiger partial charge in [-0.05, 0) is 68.9 Å². The number of nitrogens with one attached hydrogen (secondary N) is 2. The molecule has 1 aromatic carbocycles. The van der Waals surface area contributed by atoms with Gasteiger partial charge in [0.15, 0.2) is 0 Å². The van der Waals surface area contributed by atoms with Gasteiger partial charge in [0.05, 0.1) is 61.2 Å². The normalized spacial score (nSPS) is 22.1. The number of aryl methyl sites for hydroxylation is 1. The minimum Gasteiger partial charge on any atom is -0.464 e. The van der Waals surface area contributed by atoms with Gasteiger partial charge in [-0.15, -0.1) is 11.3 Å². The number of rotatable bonds is 8. The van der Waals surface area contributed by atoms with Crippen LogP contribution in [0.25, 0.3) is 33.4 Å². The molecule has 4 atom stereocenters. The molecule has 0 unspecified atom stereocenters. The quantitative estimate of drug-likeness (QED) is 0.218. The number of cyclic esters (lactones) is 1. The van der Waals surface area contributed by atoms with Crippen molar-refractivity contribution < 1.29 is 38.1 Å². The Labute approximate surface area is 378 Å². The molecule has 4 amide bonds. The summed E-state index contributed by atoms with van der Waals surface area (Å²) in [6.45, 7) is 15.2. The molecule has 0 radical (unpaired) electrons. The van der Waals surface area contributed by atoms with Crippen molar-refractivity contribution in [1.29, 1.82) is 0 Å². The molecule has 8 rings (SSSR count). The molecule has 3 aromatic heterocycles. The van der Waals surface area contributed by atoms with Crippen molar-refractivity contribution in [2.75, 3.05) is 60.3 Å². The lowest BCUT2D eigenvalue weighted by Gasteiger charge is -2.52. The monoisotopic (exact) mass is 898 g/mol. The Morgan fingerprint density at radius 1 is 1.09 bits per heavy atom. The van der Waals surface area contributed by atoms with Crippen molar-refractivity contribution >= 4 is 46.1 Å². The highest BCUT2D eigenvalue weighted by Crippen LogP contribution is 2.42. The maximum atomic E-state index is 14.6. The topological polar surface area (TPSA) is 170 Å². The van der Waals surface area contributed by atoms with Crippen LogP contribution in [0.4, 0.5) is 4.79 Å². The third kappa shape index (κ3) is 8.76. The van der Waals surface area contributed by atoms with Gasteiger partial charge >= 0.3 is 12.0 Å². The van der Waals surface area contributed by atoms with Crippen molar-refractivity contribution in [3.8, 4) is 22.5 Å². The van der Waals surface area contributed by atoms with Crippen LogP contribution in [0, 0.1) is 11.3 Å². The van der Waals surface area contributed by atoms with Crippen LogP contribution in [0.2, 0.25) is 0 Å². The van der Waals surface area contributed by atoms with Gasteiger partial charge in [-0.3, -0.25) is 24.4 Å². The van der Waals surface area contributed by atoms with Crippen LogP contribution in [0.5, 0.6) is 0 Å². The highest BCUT2D eigenvalue weighted by atomic mass is 32.1. The first-order valence-corrected chi connectivity index (χ1v) is 23.4. The predicted molar refractivity (Wildman–Crippen MR) is 242 cm³/mol. The van der Waals surface area contributed by atoms with Crippen LogP contribution in [-0.2, 0) is 52.7 Å². The zero-order valence-corrected chi connectivity index (χ0v) is 39.1. The lowest BCUT2D eigenvalue weighted by atomic mass is 9.84. The van der Waals surface area contributed by atoms with Crippen molar-refractivity contribution in [3.63, 3.8) is 0 Å². The number of methoxy groups -OCH3 is 1. The maximum absolute atomic E-state index is 14.6. The van der Waals surface area contributed by atoms with Crippen LogP contribution in [0.1, 0.15) is 76.8 Å². The zero-order valence-electron chi connectivity index (χ0n) is 38.3. The molecule has 2 N–H and O–H groups in total. The minimum atomic E-state index is -1.07. The highest BCUT2D eigenvalue weighted by Gasteiger charge is 2.50. The molecule has 4 aliphatic heterocycles. The standard InChI is InChI=1S/C47H62N8O8S/c1-9-53-37-15-14-30-20-32(37)33(41(53)31-12-10-16-48-39(31)29(4)60-8)22-46(5,6)24-63-44(58)34-13-11-17-55(51-34)43(57)35(21-38-49-36(30)23-64-38)50-42(56)40(28(2)3)52(7)45(59)54-18-19-61-25-47(54)26-62-27-47/h10,12,14-16,20,23,28-29,34-35,40,51H,9,11,13,17-19,21-22,24-27H2,1-8H3,(H,50,56)/t29-,34-,35-,40-/m0/s1. The first-order chi connectivity index (χ1) is 30.6. The van der Waals surface area contributed by atoms with Crippen molar-refractivity contribution in [2.24, 2.45) is 11.3 Å². The molecule has 4 aromatic rings. The Morgan fingerprint density at radius 3 is 2.59 bits per heavy atom. The van der Waals surface area contributed by atoms with Gasteiger partial charge in [0.25, 0.3) is 5.91 Å². The number of ether oxygens (including phenoxy) is 4. The molecular formula is C47H62N8O8S. The molecule has 4 aliphatic rings. The number of carbonyl (C=O) groups is 4. The van der Waals surface area contributed by atoms with E-state index in [2.05, 4.69) is 60.3 Å². The predicted octanol–water partition coefficient (Wildman–Crippen LogP) is 5.38. The van der Waals surface area contributed by atoms with E-state index in [0.29, 0.717) is 70.3 Å². The number of hydrogen-bond acceptors (Lipinski definition) is 12. The number of fused-ring (bicyclic) bond motifs is 6. The van der Waals surface area contributed by atoms with E-state index in [0.717, 1.165) is 44.7 Å². The lowest BCUT2D eigenvalue weighted by Crippen LogP contribution is -2.71. The van der Waals surface area contributed by atoms with Gasteiger partial charge < -0.3 is 38.6 Å². The van der Waals surface area contributed by atoms with Gasteiger partial charge in [0.2, 0.25) is 5.91 Å². The van der Waals surface area contributed by atoms with E-state index in [1.807, 2.05) is 32.2 Å². The third-order valence-electron chi connectivity index (χ3n) is 13.1. The molecule has 0 saturated carbocycles.